The number of rotatable bonds is 6. The number of anilines is 2. The Morgan fingerprint density at radius 3 is 3.00 bits per heavy atom. The first-order valence-electron chi connectivity index (χ1n) is 6.04. The Balaban J connectivity index is 2.07. The molecule has 1 saturated heterocycles. The smallest absolute Gasteiger partial charge is 0.414 e. The van der Waals surface area contributed by atoms with Crippen molar-refractivity contribution in [2.24, 2.45) is 0 Å². The maximum atomic E-state index is 13.9. The number of amides is 1. The lowest BCUT2D eigenvalue weighted by Gasteiger charge is -2.14. The molecule has 0 radical (unpaired) electrons. The molecule has 0 aliphatic carbocycles. The van der Waals surface area contributed by atoms with Gasteiger partial charge < -0.3 is 19.3 Å². The van der Waals surface area contributed by atoms with Gasteiger partial charge in [0.15, 0.2) is 0 Å². The number of ether oxygens (including phenoxy) is 1. The van der Waals surface area contributed by atoms with Crippen LogP contribution >= 0.6 is 12.9 Å². The minimum absolute atomic E-state index is 0.203. The minimum atomic E-state index is -0.590. The first-order chi connectivity index (χ1) is 9.65. The van der Waals surface area contributed by atoms with E-state index in [2.05, 4.69) is 22.4 Å². The largest absolute Gasteiger partial charge is 0.441 e. The molecule has 1 unspecified atom stereocenters. The zero-order chi connectivity index (χ0) is 14.5. The number of hydrogen-bond donors (Lipinski definition) is 3. The maximum absolute atomic E-state index is 13.9. The molecule has 1 fully saturated rings. The van der Waals surface area contributed by atoms with E-state index < -0.39 is 18.0 Å². The maximum Gasteiger partial charge on any atom is 0.414 e. The molecular formula is C12H15FN2O4S. The van der Waals surface area contributed by atoms with E-state index in [1.165, 1.54) is 17.0 Å². The fraction of sp³-hybridized carbons (Fsp3) is 0.417. The predicted molar refractivity (Wildman–Crippen MR) is 74.5 cm³/mol. The summed E-state index contributed by atoms with van der Waals surface area (Å²) in [5.41, 5.74) is 0.699. The summed E-state index contributed by atoms with van der Waals surface area (Å²) in [6.07, 6.45) is -1.16. The zero-order valence-corrected chi connectivity index (χ0v) is 11.5. The Labute approximate surface area is 121 Å². The van der Waals surface area contributed by atoms with Gasteiger partial charge in [0.1, 0.15) is 11.9 Å². The van der Waals surface area contributed by atoms with Gasteiger partial charge in [-0.1, -0.05) is 0 Å². The Morgan fingerprint density at radius 1 is 1.60 bits per heavy atom. The van der Waals surface area contributed by atoms with E-state index in [1.807, 2.05) is 0 Å². The number of benzene rings is 1. The van der Waals surface area contributed by atoms with Crippen LogP contribution in [0.3, 0.4) is 0 Å². The average molecular weight is 302 g/mol. The highest BCUT2D eigenvalue weighted by molar-refractivity contribution is 7.75. The number of aliphatic hydroxyl groups is 1. The molecule has 8 heteroatoms. The van der Waals surface area contributed by atoms with E-state index in [1.54, 1.807) is 6.07 Å². The SMILES string of the molecule is O=C1OC(CO)CN1c1ccc(NCCOS)c(F)c1. The second-order valence-electron chi connectivity index (χ2n) is 4.22. The summed E-state index contributed by atoms with van der Waals surface area (Å²) in [7, 11) is 0. The fourth-order valence-electron chi connectivity index (χ4n) is 1.87. The highest BCUT2D eigenvalue weighted by Gasteiger charge is 2.32. The lowest BCUT2D eigenvalue weighted by molar-refractivity contribution is 0.0963. The van der Waals surface area contributed by atoms with E-state index in [-0.39, 0.29) is 13.2 Å². The Bertz CT molecular complexity index is 489. The van der Waals surface area contributed by atoms with Crippen LogP contribution < -0.4 is 10.2 Å². The monoisotopic (exact) mass is 302 g/mol. The highest BCUT2D eigenvalue weighted by Crippen LogP contribution is 2.25. The molecule has 0 bridgehead atoms. The summed E-state index contributed by atoms with van der Waals surface area (Å²) in [6.45, 7) is 0.697. The lowest BCUT2D eigenvalue weighted by atomic mass is 10.2. The lowest BCUT2D eigenvalue weighted by Crippen LogP contribution is -2.25. The molecule has 1 atom stereocenters. The molecule has 1 aliphatic rings. The molecule has 0 saturated carbocycles. The summed E-state index contributed by atoms with van der Waals surface area (Å²) in [6, 6.07) is 4.38. The molecule has 0 spiro atoms. The second kappa shape index (κ2) is 6.78. The minimum Gasteiger partial charge on any atom is -0.441 e. The van der Waals surface area contributed by atoms with Gasteiger partial charge in [-0.3, -0.25) is 4.90 Å². The number of aliphatic hydroxyl groups excluding tert-OH is 1. The van der Waals surface area contributed by atoms with Gasteiger partial charge in [0.05, 0.1) is 31.1 Å². The standard InChI is InChI=1S/C12H15FN2O4S/c13-10-5-8(1-2-11(10)14-3-4-18-20)15-6-9(7-16)19-12(15)17/h1-2,5,9,14,16,20H,3-4,6-7H2. The van der Waals surface area contributed by atoms with Crippen molar-refractivity contribution in [3.8, 4) is 0 Å². The molecule has 2 rings (SSSR count). The molecule has 0 aromatic heterocycles. The Morgan fingerprint density at radius 2 is 2.40 bits per heavy atom. The van der Waals surface area contributed by atoms with Crippen molar-refractivity contribution < 1.29 is 23.2 Å². The van der Waals surface area contributed by atoms with E-state index in [0.717, 1.165) is 0 Å². The summed E-state index contributed by atoms with van der Waals surface area (Å²) in [5, 5.41) is 11.8. The van der Waals surface area contributed by atoms with Crippen molar-refractivity contribution in [1.82, 2.24) is 0 Å². The number of halogens is 1. The van der Waals surface area contributed by atoms with Crippen molar-refractivity contribution in [3.05, 3.63) is 24.0 Å². The van der Waals surface area contributed by atoms with Crippen LogP contribution in [0.25, 0.3) is 0 Å². The molecule has 1 amide bonds. The molecule has 1 heterocycles. The number of nitrogens with one attached hydrogen (secondary N) is 1. The Hall–Kier alpha value is -1.51. The first-order valence-corrected chi connectivity index (χ1v) is 6.41. The summed E-state index contributed by atoms with van der Waals surface area (Å²) >= 11 is 3.58. The fourth-order valence-corrected chi connectivity index (χ4v) is 1.97. The van der Waals surface area contributed by atoms with Gasteiger partial charge in [0, 0.05) is 6.54 Å². The van der Waals surface area contributed by atoms with Gasteiger partial charge in [-0.2, -0.15) is 0 Å². The van der Waals surface area contributed by atoms with Crippen molar-refractivity contribution in [3.63, 3.8) is 0 Å². The third-order valence-electron chi connectivity index (χ3n) is 2.85. The molecule has 1 aromatic rings. The van der Waals surface area contributed by atoms with Gasteiger partial charge in [-0.05, 0) is 31.1 Å². The number of nitrogens with zero attached hydrogens (tertiary/aromatic N) is 1. The average Bonchev–Trinajstić information content (AvgIpc) is 2.82. The van der Waals surface area contributed by atoms with Gasteiger partial charge in [0.25, 0.3) is 0 Å². The van der Waals surface area contributed by atoms with Crippen LogP contribution in [0.4, 0.5) is 20.6 Å². The van der Waals surface area contributed by atoms with Crippen LogP contribution in [0.2, 0.25) is 0 Å². The number of hydrogen-bond acceptors (Lipinski definition) is 6. The van der Waals surface area contributed by atoms with Crippen LogP contribution in [-0.2, 0) is 8.92 Å². The summed E-state index contributed by atoms with van der Waals surface area (Å²) in [4.78, 5) is 12.9. The number of carbonyl (C=O) groups is 1. The van der Waals surface area contributed by atoms with Crippen molar-refractivity contribution in [2.75, 3.05) is 36.5 Å². The summed E-state index contributed by atoms with van der Waals surface area (Å²) < 4.78 is 23.4. The quantitative estimate of drug-likeness (QED) is 0.421. The molecule has 20 heavy (non-hydrogen) atoms. The van der Waals surface area contributed by atoms with E-state index in [0.29, 0.717) is 24.5 Å². The normalized spacial score (nSPS) is 18.2. The predicted octanol–water partition coefficient (Wildman–Crippen LogP) is 1.42. The number of carbonyl (C=O) groups excluding carboxylic acids is 1. The van der Waals surface area contributed by atoms with E-state index in [4.69, 9.17) is 9.84 Å². The van der Waals surface area contributed by atoms with Crippen LogP contribution in [0.5, 0.6) is 0 Å². The number of thiol groups is 1. The van der Waals surface area contributed by atoms with Crippen LogP contribution in [0.15, 0.2) is 18.2 Å². The molecule has 2 N–H and O–H groups in total. The molecule has 1 aliphatic heterocycles. The van der Waals surface area contributed by atoms with E-state index in [9.17, 15) is 9.18 Å². The van der Waals surface area contributed by atoms with Crippen LogP contribution in [0, 0.1) is 5.82 Å². The third-order valence-corrected chi connectivity index (χ3v) is 3.03. The van der Waals surface area contributed by atoms with Gasteiger partial charge >= 0.3 is 6.09 Å². The van der Waals surface area contributed by atoms with Gasteiger partial charge in [-0.25, -0.2) is 9.18 Å². The third kappa shape index (κ3) is 3.33. The molecular weight excluding hydrogens is 287 g/mol. The summed E-state index contributed by atoms with van der Waals surface area (Å²) in [5.74, 6) is -0.484. The molecule has 1 aromatic carbocycles. The molecule has 110 valence electrons. The van der Waals surface area contributed by atoms with Crippen molar-refractivity contribution in [1.29, 1.82) is 0 Å². The first kappa shape index (κ1) is 14.9. The Kier molecular flexibility index (Phi) is 5.05. The highest BCUT2D eigenvalue weighted by atomic mass is 32.1. The van der Waals surface area contributed by atoms with Crippen LogP contribution in [0.1, 0.15) is 0 Å². The topological polar surface area (TPSA) is 71.0 Å². The second-order valence-corrected chi connectivity index (χ2v) is 4.48. The zero-order valence-electron chi connectivity index (χ0n) is 10.6. The van der Waals surface area contributed by atoms with Crippen molar-refractivity contribution in [2.45, 2.75) is 6.10 Å². The van der Waals surface area contributed by atoms with Crippen molar-refractivity contribution >= 4 is 30.4 Å². The van der Waals surface area contributed by atoms with E-state index >= 15 is 0 Å². The van der Waals surface area contributed by atoms with Crippen LogP contribution in [-0.4, -0.2) is 43.6 Å². The van der Waals surface area contributed by atoms with Gasteiger partial charge in [0.2, 0.25) is 0 Å². The van der Waals surface area contributed by atoms with Gasteiger partial charge in [-0.15, -0.1) is 0 Å². The molecule has 6 nitrogen and oxygen atoms in total. The number of cyclic esters (lactones) is 1.